The minimum atomic E-state index is 0.469. The monoisotopic (exact) mass is 189 g/mol. The molecule has 74 valence electrons. The summed E-state index contributed by atoms with van der Waals surface area (Å²) >= 11 is 0. The molecule has 0 saturated heterocycles. The van der Waals surface area contributed by atoms with E-state index in [9.17, 15) is 0 Å². The van der Waals surface area contributed by atoms with E-state index in [2.05, 4.69) is 24.1 Å². The van der Waals surface area contributed by atoms with Crippen LogP contribution in [0.4, 0.5) is 5.69 Å². The molecule has 0 saturated carbocycles. The normalized spacial score (nSPS) is 9.93. The van der Waals surface area contributed by atoms with Crippen LogP contribution < -0.4 is 5.32 Å². The summed E-state index contributed by atoms with van der Waals surface area (Å²) in [5.41, 5.74) is 2.31. The molecule has 0 spiro atoms. The average molecular weight is 189 g/mol. The van der Waals surface area contributed by atoms with E-state index < -0.39 is 0 Å². The SMILES string of the molecule is Cc1cc(NCC(C)C)cc(C#N)n1. The van der Waals surface area contributed by atoms with Gasteiger partial charge in [-0.05, 0) is 25.0 Å². The summed E-state index contributed by atoms with van der Waals surface area (Å²) < 4.78 is 0. The van der Waals surface area contributed by atoms with Gasteiger partial charge in [0.15, 0.2) is 0 Å². The molecule has 0 radical (unpaired) electrons. The van der Waals surface area contributed by atoms with Crippen LogP contribution in [-0.2, 0) is 0 Å². The second-order valence-electron chi connectivity index (χ2n) is 3.77. The van der Waals surface area contributed by atoms with Crippen LogP contribution in [-0.4, -0.2) is 11.5 Å². The van der Waals surface area contributed by atoms with Gasteiger partial charge < -0.3 is 5.32 Å². The number of aromatic nitrogens is 1. The fraction of sp³-hybridized carbons (Fsp3) is 0.455. The van der Waals surface area contributed by atoms with Crippen molar-refractivity contribution in [1.29, 1.82) is 5.26 Å². The predicted octanol–water partition coefficient (Wildman–Crippen LogP) is 2.33. The van der Waals surface area contributed by atoms with Gasteiger partial charge in [-0.1, -0.05) is 13.8 Å². The first-order valence-corrected chi connectivity index (χ1v) is 4.74. The van der Waals surface area contributed by atoms with Crippen molar-refractivity contribution in [3.05, 3.63) is 23.5 Å². The second-order valence-corrected chi connectivity index (χ2v) is 3.77. The van der Waals surface area contributed by atoms with Gasteiger partial charge in [-0.25, -0.2) is 4.98 Å². The van der Waals surface area contributed by atoms with Crippen molar-refractivity contribution in [2.24, 2.45) is 5.92 Å². The van der Waals surface area contributed by atoms with Crippen LogP contribution in [0.25, 0.3) is 0 Å². The van der Waals surface area contributed by atoms with Crippen LogP contribution in [0.3, 0.4) is 0 Å². The average Bonchev–Trinajstić information content (AvgIpc) is 2.14. The molecule has 0 aromatic carbocycles. The molecule has 3 nitrogen and oxygen atoms in total. The van der Waals surface area contributed by atoms with Gasteiger partial charge in [0, 0.05) is 17.9 Å². The first-order chi connectivity index (χ1) is 6.61. The standard InChI is InChI=1S/C11H15N3/c1-8(2)7-13-10-4-9(3)14-11(5-10)6-12/h4-5,8H,7H2,1-3H3,(H,13,14). The van der Waals surface area contributed by atoms with Crippen molar-refractivity contribution >= 4 is 5.69 Å². The zero-order chi connectivity index (χ0) is 10.6. The fourth-order valence-electron chi connectivity index (χ4n) is 1.15. The minimum Gasteiger partial charge on any atom is -0.385 e. The lowest BCUT2D eigenvalue weighted by atomic mass is 10.2. The quantitative estimate of drug-likeness (QED) is 0.793. The van der Waals surface area contributed by atoms with Crippen LogP contribution >= 0.6 is 0 Å². The van der Waals surface area contributed by atoms with E-state index in [1.807, 2.05) is 19.1 Å². The third kappa shape index (κ3) is 3.06. The van der Waals surface area contributed by atoms with E-state index in [-0.39, 0.29) is 0 Å². The van der Waals surface area contributed by atoms with Gasteiger partial charge in [0.2, 0.25) is 0 Å². The maximum absolute atomic E-state index is 8.72. The topological polar surface area (TPSA) is 48.7 Å². The largest absolute Gasteiger partial charge is 0.385 e. The van der Waals surface area contributed by atoms with Gasteiger partial charge in [0.25, 0.3) is 0 Å². The molecule has 1 heterocycles. The van der Waals surface area contributed by atoms with Crippen molar-refractivity contribution in [2.45, 2.75) is 20.8 Å². The highest BCUT2D eigenvalue weighted by molar-refractivity contribution is 5.47. The van der Waals surface area contributed by atoms with Gasteiger partial charge in [-0.15, -0.1) is 0 Å². The predicted molar refractivity (Wildman–Crippen MR) is 57.0 cm³/mol. The molecule has 0 atom stereocenters. The van der Waals surface area contributed by atoms with E-state index in [1.165, 1.54) is 0 Å². The Labute approximate surface area is 84.8 Å². The van der Waals surface area contributed by atoms with Gasteiger partial charge in [0.05, 0.1) is 0 Å². The molecule has 0 bridgehead atoms. The highest BCUT2D eigenvalue weighted by Crippen LogP contribution is 2.11. The lowest BCUT2D eigenvalue weighted by molar-refractivity contribution is 0.689. The number of pyridine rings is 1. The Morgan fingerprint density at radius 2 is 2.21 bits per heavy atom. The summed E-state index contributed by atoms with van der Waals surface area (Å²) in [6.07, 6.45) is 0. The number of aryl methyl sites for hydroxylation is 1. The lowest BCUT2D eigenvalue weighted by Gasteiger charge is -2.09. The summed E-state index contributed by atoms with van der Waals surface area (Å²) in [6, 6.07) is 5.77. The van der Waals surface area contributed by atoms with Crippen LogP contribution in [0.2, 0.25) is 0 Å². The summed E-state index contributed by atoms with van der Waals surface area (Å²) in [7, 11) is 0. The Kier molecular flexibility index (Phi) is 3.47. The van der Waals surface area contributed by atoms with E-state index in [4.69, 9.17) is 5.26 Å². The number of rotatable bonds is 3. The van der Waals surface area contributed by atoms with E-state index in [1.54, 1.807) is 6.07 Å². The maximum atomic E-state index is 8.72. The Hall–Kier alpha value is -1.56. The van der Waals surface area contributed by atoms with E-state index in [0.29, 0.717) is 11.6 Å². The summed E-state index contributed by atoms with van der Waals surface area (Å²) in [6.45, 7) is 7.09. The third-order valence-corrected chi connectivity index (χ3v) is 1.78. The second kappa shape index (κ2) is 4.61. The molecule has 14 heavy (non-hydrogen) atoms. The zero-order valence-corrected chi connectivity index (χ0v) is 8.83. The van der Waals surface area contributed by atoms with Crippen LogP contribution in [0.5, 0.6) is 0 Å². The van der Waals surface area contributed by atoms with Crippen LogP contribution in [0.15, 0.2) is 12.1 Å². The molecule has 0 aliphatic rings. The van der Waals surface area contributed by atoms with Gasteiger partial charge in [-0.2, -0.15) is 5.26 Å². The molecule has 3 heteroatoms. The fourth-order valence-corrected chi connectivity index (χ4v) is 1.15. The van der Waals surface area contributed by atoms with Crippen molar-refractivity contribution in [1.82, 2.24) is 4.98 Å². The molecule has 0 fully saturated rings. The zero-order valence-electron chi connectivity index (χ0n) is 8.83. The smallest absolute Gasteiger partial charge is 0.142 e. The molecule has 1 aromatic heterocycles. The first kappa shape index (κ1) is 10.5. The maximum Gasteiger partial charge on any atom is 0.142 e. The summed E-state index contributed by atoms with van der Waals surface area (Å²) in [4.78, 5) is 4.08. The number of anilines is 1. The molecular formula is C11H15N3. The Morgan fingerprint density at radius 1 is 1.50 bits per heavy atom. The molecule has 0 aliphatic heterocycles. The summed E-state index contributed by atoms with van der Waals surface area (Å²) in [5, 5.41) is 12.0. The Morgan fingerprint density at radius 3 is 2.79 bits per heavy atom. The highest BCUT2D eigenvalue weighted by atomic mass is 14.9. The van der Waals surface area contributed by atoms with Gasteiger partial charge >= 0.3 is 0 Å². The molecule has 1 rings (SSSR count). The Balaban J connectivity index is 2.78. The third-order valence-electron chi connectivity index (χ3n) is 1.78. The van der Waals surface area contributed by atoms with Crippen molar-refractivity contribution < 1.29 is 0 Å². The van der Waals surface area contributed by atoms with Crippen molar-refractivity contribution in [3.8, 4) is 6.07 Å². The molecular weight excluding hydrogens is 174 g/mol. The molecule has 1 aromatic rings. The number of hydrogen-bond donors (Lipinski definition) is 1. The molecule has 0 unspecified atom stereocenters. The number of nitrogens with zero attached hydrogens (tertiary/aromatic N) is 2. The van der Waals surface area contributed by atoms with Crippen LogP contribution in [0.1, 0.15) is 25.2 Å². The Bertz CT molecular complexity index is 350. The van der Waals surface area contributed by atoms with Gasteiger partial charge in [0.1, 0.15) is 11.8 Å². The lowest BCUT2D eigenvalue weighted by Crippen LogP contribution is -2.08. The number of hydrogen-bond acceptors (Lipinski definition) is 3. The van der Waals surface area contributed by atoms with Crippen molar-refractivity contribution in [2.75, 3.05) is 11.9 Å². The summed E-state index contributed by atoms with van der Waals surface area (Å²) in [5.74, 6) is 0.592. The number of nitriles is 1. The molecule has 0 amide bonds. The molecule has 0 aliphatic carbocycles. The van der Waals surface area contributed by atoms with Crippen LogP contribution in [0, 0.1) is 24.2 Å². The van der Waals surface area contributed by atoms with Gasteiger partial charge in [-0.3, -0.25) is 0 Å². The minimum absolute atomic E-state index is 0.469. The number of nitrogens with one attached hydrogen (secondary N) is 1. The van der Waals surface area contributed by atoms with E-state index in [0.717, 1.165) is 17.9 Å². The van der Waals surface area contributed by atoms with Crippen molar-refractivity contribution in [3.63, 3.8) is 0 Å². The first-order valence-electron chi connectivity index (χ1n) is 4.74. The molecule has 1 N–H and O–H groups in total. The highest BCUT2D eigenvalue weighted by Gasteiger charge is 1.99. The van der Waals surface area contributed by atoms with E-state index >= 15 is 0 Å².